The van der Waals surface area contributed by atoms with Gasteiger partial charge in [-0.15, -0.1) is 0 Å². The lowest BCUT2D eigenvalue weighted by Gasteiger charge is -2.16. The highest BCUT2D eigenvalue weighted by Gasteiger charge is 2.29. The smallest absolute Gasteiger partial charge is 0.322 e. The molecule has 0 bridgehead atoms. The Hall–Kier alpha value is -1.41. The molecule has 1 unspecified atom stereocenters. The number of aliphatic carboxylic acids is 1. The van der Waals surface area contributed by atoms with Gasteiger partial charge in [-0.25, -0.2) is 13.4 Å². The molecule has 8 heteroatoms. The van der Waals surface area contributed by atoms with Gasteiger partial charge in [0, 0.05) is 13.2 Å². The molecule has 7 nitrogen and oxygen atoms in total. The Labute approximate surface area is 106 Å². The highest BCUT2D eigenvalue weighted by molar-refractivity contribution is 7.89. The average Bonchev–Trinajstić information content (AvgIpc) is 2.56. The van der Waals surface area contributed by atoms with Gasteiger partial charge in [0.1, 0.15) is 11.9 Å². The number of carboxylic acid groups (broad SMARTS) is 1. The van der Waals surface area contributed by atoms with E-state index >= 15 is 0 Å². The molecule has 1 heterocycles. The summed E-state index contributed by atoms with van der Waals surface area (Å²) in [5.74, 6) is -1.03. The first-order valence-corrected chi connectivity index (χ1v) is 6.88. The van der Waals surface area contributed by atoms with Crippen LogP contribution in [0.15, 0.2) is 11.2 Å². The number of rotatable bonds is 5. The fourth-order valence-electron chi connectivity index (χ4n) is 1.35. The Morgan fingerprint density at radius 1 is 1.50 bits per heavy atom. The molecule has 1 rings (SSSR count). The number of carboxylic acids is 1. The Balaban J connectivity index is 3.04. The molecule has 0 amide bonds. The summed E-state index contributed by atoms with van der Waals surface area (Å²) in [6, 6.07) is -1.17. The lowest BCUT2D eigenvalue weighted by Crippen LogP contribution is -2.44. The van der Waals surface area contributed by atoms with Gasteiger partial charge < -0.3 is 9.67 Å². The van der Waals surface area contributed by atoms with Crippen LogP contribution in [0, 0.1) is 12.8 Å². The highest BCUT2D eigenvalue weighted by atomic mass is 32.2. The number of nitrogens with zero attached hydrogens (tertiary/aromatic N) is 2. The van der Waals surface area contributed by atoms with Crippen molar-refractivity contribution in [3.63, 3.8) is 0 Å². The van der Waals surface area contributed by atoms with Crippen molar-refractivity contribution >= 4 is 16.0 Å². The standard InChI is InChI=1S/C10H17N3O4S/c1-6(2)9(10(14)15)12-18(16,17)8-5-13(4)7(3)11-8/h5-6,9,12H,1-4H3,(H,14,15). The minimum atomic E-state index is -3.91. The average molecular weight is 275 g/mol. The number of hydrogen-bond donors (Lipinski definition) is 2. The molecule has 0 aliphatic heterocycles. The number of imidazole rings is 1. The van der Waals surface area contributed by atoms with Crippen molar-refractivity contribution < 1.29 is 18.3 Å². The molecule has 0 aliphatic rings. The molecule has 18 heavy (non-hydrogen) atoms. The van der Waals surface area contributed by atoms with E-state index in [2.05, 4.69) is 9.71 Å². The largest absolute Gasteiger partial charge is 0.480 e. The van der Waals surface area contributed by atoms with Crippen LogP contribution in [0.2, 0.25) is 0 Å². The maximum atomic E-state index is 12.0. The van der Waals surface area contributed by atoms with Crippen molar-refractivity contribution in [2.45, 2.75) is 31.8 Å². The second-order valence-electron chi connectivity index (χ2n) is 4.42. The van der Waals surface area contributed by atoms with Gasteiger partial charge in [-0.3, -0.25) is 4.79 Å². The van der Waals surface area contributed by atoms with E-state index < -0.39 is 22.0 Å². The minimum absolute atomic E-state index is 0.172. The van der Waals surface area contributed by atoms with E-state index in [1.807, 2.05) is 0 Å². The first-order chi connectivity index (χ1) is 8.15. The number of aromatic nitrogens is 2. The number of hydrogen-bond acceptors (Lipinski definition) is 4. The normalized spacial score (nSPS) is 13.8. The SMILES string of the molecule is Cc1nc(S(=O)(=O)NC(C(=O)O)C(C)C)cn1C. The zero-order valence-corrected chi connectivity index (χ0v) is 11.5. The summed E-state index contributed by atoms with van der Waals surface area (Å²) in [7, 11) is -2.25. The first-order valence-electron chi connectivity index (χ1n) is 5.40. The molecule has 0 radical (unpaired) electrons. The van der Waals surface area contributed by atoms with Gasteiger partial charge in [-0.05, 0) is 12.8 Å². The Bertz CT molecular complexity index is 528. The van der Waals surface area contributed by atoms with E-state index in [9.17, 15) is 13.2 Å². The van der Waals surface area contributed by atoms with Gasteiger partial charge in [0.05, 0.1) is 0 Å². The van der Waals surface area contributed by atoms with Crippen LogP contribution >= 0.6 is 0 Å². The van der Waals surface area contributed by atoms with Crippen molar-refractivity contribution in [2.75, 3.05) is 0 Å². The molecule has 2 N–H and O–H groups in total. The van der Waals surface area contributed by atoms with Crippen molar-refractivity contribution in [1.82, 2.24) is 14.3 Å². The molecule has 1 aromatic rings. The quantitative estimate of drug-likeness (QED) is 0.794. The number of sulfonamides is 1. The summed E-state index contributed by atoms with van der Waals surface area (Å²) in [6.45, 7) is 4.92. The molecule has 0 spiro atoms. The fourth-order valence-corrected chi connectivity index (χ4v) is 2.73. The van der Waals surface area contributed by atoms with Crippen LogP contribution in [0.25, 0.3) is 0 Å². The fraction of sp³-hybridized carbons (Fsp3) is 0.600. The van der Waals surface area contributed by atoms with Crippen LogP contribution in [0.5, 0.6) is 0 Å². The number of carbonyl (C=O) groups is 1. The molecule has 0 aromatic carbocycles. The van der Waals surface area contributed by atoms with E-state index in [4.69, 9.17) is 5.11 Å². The Morgan fingerprint density at radius 2 is 2.06 bits per heavy atom. The van der Waals surface area contributed by atoms with Crippen molar-refractivity contribution in [1.29, 1.82) is 0 Å². The second-order valence-corrected chi connectivity index (χ2v) is 6.08. The molecule has 0 saturated heterocycles. The predicted molar refractivity (Wildman–Crippen MR) is 64.5 cm³/mol. The summed E-state index contributed by atoms with van der Waals surface area (Å²) >= 11 is 0. The monoisotopic (exact) mass is 275 g/mol. The van der Waals surface area contributed by atoms with Crippen LogP contribution in [-0.4, -0.2) is 35.1 Å². The summed E-state index contributed by atoms with van der Waals surface area (Å²) < 4.78 is 27.6. The minimum Gasteiger partial charge on any atom is -0.480 e. The van der Waals surface area contributed by atoms with Crippen LogP contribution < -0.4 is 4.72 Å². The zero-order chi connectivity index (χ0) is 14.1. The maximum absolute atomic E-state index is 12.0. The summed E-state index contributed by atoms with van der Waals surface area (Å²) in [4.78, 5) is 14.8. The van der Waals surface area contributed by atoms with Crippen LogP contribution in [-0.2, 0) is 21.9 Å². The van der Waals surface area contributed by atoms with Crippen molar-refractivity contribution in [3.8, 4) is 0 Å². The van der Waals surface area contributed by atoms with Gasteiger partial charge in [0.15, 0.2) is 5.03 Å². The van der Waals surface area contributed by atoms with E-state index in [1.165, 1.54) is 6.20 Å². The van der Waals surface area contributed by atoms with E-state index in [-0.39, 0.29) is 10.9 Å². The number of aryl methyl sites for hydroxylation is 2. The highest BCUT2D eigenvalue weighted by Crippen LogP contribution is 2.11. The first kappa shape index (κ1) is 14.7. The Morgan fingerprint density at radius 3 is 2.39 bits per heavy atom. The van der Waals surface area contributed by atoms with Gasteiger partial charge >= 0.3 is 5.97 Å². The lowest BCUT2D eigenvalue weighted by molar-refractivity contribution is -0.140. The van der Waals surface area contributed by atoms with Gasteiger partial charge in [-0.2, -0.15) is 4.72 Å². The lowest BCUT2D eigenvalue weighted by atomic mass is 10.1. The van der Waals surface area contributed by atoms with Crippen LogP contribution in [0.1, 0.15) is 19.7 Å². The summed E-state index contributed by atoms with van der Waals surface area (Å²) in [6.07, 6.45) is 1.34. The molecule has 1 atom stereocenters. The number of nitrogens with one attached hydrogen (secondary N) is 1. The molecular formula is C10H17N3O4S. The summed E-state index contributed by atoms with van der Waals surface area (Å²) in [5, 5.41) is 8.79. The van der Waals surface area contributed by atoms with E-state index in [0.29, 0.717) is 5.82 Å². The van der Waals surface area contributed by atoms with Crippen molar-refractivity contribution in [3.05, 3.63) is 12.0 Å². The molecule has 0 fully saturated rings. The molecule has 102 valence electrons. The Kier molecular flexibility index (Phi) is 4.12. The third-order valence-electron chi connectivity index (χ3n) is 2.58. The van der Waals surface area contributed by atoms with Gasteiger partial charge in [0.2, 0.25) is 0 Å². The zero-order valence-electron chi connectivity index (χ0n) is 10.7. The van der Waals surface area contributed by atoms with E-state index in [1.54, 1.807) is 32.4 Å². The van der Waals surface area contributed by atoms with Crippen LogP contribution in [0.4, 0.5) is 0 Å². The summed E-state index contributed by atoms with van der Waals surface area (Å²) in [5.41, 5.74) is 0. The predicted octanol–water partition coefficient (Wildman–Crippen LogP) is 0.116. The van der Waals surface area contributed by atoms with Gasteiger partial charge in [0.25, 0.3) is 10.0 Å². The molecular weight excluding hydrogens is 258 g/mol. The third kappa shape index (κ3) is 3.08. The second kappa shape index (κ2) is 5.07. The topological polar surface area (TPSA) is 101 Å². The van der Waals surface area contributed by atoms with Crippen molar-refractivity contribution in [2.24, 2.45) is 13.0 Å². The molecule has 0 saturated carbocycles. The van der Waals surface area contributed by atoms with Gasteiger partial charge in [-0.1, -0.05) is 13.8 Å². The van der Waals surface area contributed by atoms with E-state index in [0.717, 1.165) is 0 Å². The van der Waals surface area contributed by atoms with Crippen LogP contribution in [0.3, 0.4) is 0 Å². The molecule has 1 aromatic heterocycles. The third-order valence-corrected chi connectivity index (χ3v) is 3.89. The molecule has 0 aliphatic carbocycles. The maximum Gasteiger partial charge on any atom is 0.322 e.